The maximum absolute atomic E-state index is 13.2. The summed E-state index contributed by atoms with van der Waals surface area (Å²) < 4.78 is 23.9. The van der Waals surface area contributed by atoms with Gasteiger partial charge in [0.25, 0.3) is 11.8 Å². The van der Waals surface area contributed by atoms with Crippen molar-refractivity contribution in [1.29, 1.82) is 0 Å². The lowest BCUT2D eigenvalue weighted by molar-refractivity contribution is 0.0515. The van der Waals surface area contributed by atoms with Crippen LogP contribution in [0.3, 0.4) is 0 Å². The molecule has 8 nitrogen and oxygen atoms in total. The van der Waals surface area contributed by atoms with Gasteiger partial charge >= 0.3 is 0 Å². The predicted octanol–water partition coefficient (Wildman–Crippen LogP) is 3.90. The summed E-state index contributed by atoms with van der Waals surface area (Å²) in [6.07, 6.45) is 2.98. The molecule has 0 aliphatic carbocycles. The van der Waals surface area contributed by atoms with Crippen LogP contribution >= 0.6 is 0 Å². The molecule has 2 amide bonds. The van der Waals surface area contributed by atoms with Crippen molar-refractivity contribution in [2.24, 2.45) is 0 Å². The van der Waals surface area contributed by atoms with Crippen molar-refractivity contribution < 1.29 is 22.8 Å². The second-order valence-electron chi connectivity index (χ2n) is 7.38. The first-order valence-electron chi connectivity index (χ1n) is 10.1. The number of nitrogens with zero attached hydrogens (tertiary/aromatic N) is 3. The number of anilines is 2. The van der Waals surface area contributed by atoms with Gasteiger partial charge in [0, 0.05) is 37.9 Å². The molecule has 1 saturated heterocycles. The normalized spacial score (nSPS) is 14.0. The molecule has 9 heteroatoms. The standard InChI is InChI=1S/C23H19FN4O4/c24-15-3-5-16(6-4-15)25-21-17-7-13-32-20(17)14-18(26-21)22(29)27-8-10-28(11-9-27)23(30)19-2-1-12-31-19/h1-7,12-14H,8-11H2,(H,25,26). The van der Waals surface area contributed by atoms with Gasteiger partial charge in [0.15, 0.2) is 5.76 Å². The molecule has 1 aliphatic rings. The number of furan rings is 2. The average Bonchev–Trinajstić information content (AvgIpc) is 3.52. The molecule has 0 bridgehead atoms. The zero-order valence-corrected chi connectivity index (χ0v) is 17.0. The average molecular weight is 434 g/mol. The van der Waals surface area contributed by atoms with Crippen LogP contribution in [0.25, 0.3) is 11.0 Å². The van der Waals surface area contributed by atoms with Crippen molar-refractivity contribution in [3.63, 3.8) is 0 Å². The number of fused-ring (bicyclic) bond motifs is 1. The minimum absolute atomic E-state index is 0.192. The molecule has 1 fully saturated rings. The van der Waals surface area contributed by atoms with Crippen molar-refractivity contribution in [1.82, 2.24) is 14.8 Å². The molecular weight excluding hydrogens is 415 g/mol. The maximum Gasteiger partial charge on any atom is 0.289 e. The van der Waals surface area contributed by atoms with Gasteiger partial charge in [-0.3, -0.25) is 9.59 Å². The summed E-state index contributed by atoms with van der Waals surface area (Å²) in [6, 6.07) is 12.5. The van der Waals surface area contributed by atoms with Crippen LogP contribution < -0.4 is 5.32 Å². The Kier molecular flexibility index (Phi) is 5.06. The number of hydrogen-bond acceptors (Lipinski definition) is 6. The molecule has 1 aromatic carbocycles. The number of benzene rings is 1. The summed E-state index contributed by atoms with van der Waals surface area (Å²) in [5.41, 5.74) is 1.37. The van der Waals surface area contributed by atoms with Crippen molar-refractivity contribution in [3.05, 3.63) is 78.3 Å². The first-order chi connectivity index (χ1) is 15.6. The largest absolute Gasteiger partial charge is 0.464 e. The number of amides is 2. The van der Waals surface area contributed by atoms with Gasteiger partial charge in [-0.05, 0) is 42.5 Å². The third-order valence-electron chi connectivity index (χ3n) is 5.36. The number of aromatic nitrogens is 1. The number of carbonyl (C=O) groups is 2. The van der Waals surface area contributed by atoms with Gasteiger partial charge in [0.2, 0.25) is 0 Å². The Morgan fingerprint density at radius 1 is 0.906 bits per heavy atom. The number of pyridine rings is 1. The van der Waals surface area contributed by atoms with Crippen LogP contribution in [-0.2, 0) is 0 Å². The first-order valence-corrected chi connectivity index (χ1v) is 10.1. The van der Waals surface area contributed by atoms with E-state index in [-0.39, 0.29) is 29.1 Å². The molecule has 0 radical (unpaired) electrons. The highest BCUT2D eigenvalue weighted by Crippen LogP contribution is 2.27. The number of halogens is 1. The van der Waals surface area contributed by atoms with Crippen molar-refractivity contribution >= 4 is 34.3 Å². The number of rotatable bonds is 4. The smallest absolute Gasteiger partial charge is 0.289 e. The minimum atomic E-state index is -0.342. The molecule has 1 aliphatic heterocycles. The van der Waals surface area contributed by atoms with E-state index in [2.05, 4.69) is 10.3 Å². The molecule has 4 aromatic rings. The van der Waals surface area contributed by atoms with Crippen LogP contribution in [0, 0.1) is 5.82 Å². The fourth-order valence-corrected chi connectivity index (χ4v) is 3.67. The molecule has 0 unspecified atom stereocenters. The molecule has 0 atom stereocenters. The van der Waals surface area contributed by atoms with E-state index in [1.165, 1.54) is 24.7 Å². The topological polar surface area (TPSA) is 91.8 Å². The van der Waals surface area contributed by atoms with Gasteiger partial charge in [-0.1, -0.05) is 0 Å². The zero-order chi connectivity index (χ0) is 22.1. The fourth-order valence-electron chi connectivity index (χ4n) is 3.67. The molecule has 0 spiro atoms. The quantitative estimate of drug-likeness (QED) is 0.524. The van der Waals surface area contributed by atoms with Gasteiger partial charge in [0.1, 0.15) is 22.9 Å². The molecule has 32 heavy (non-hydrogen) atoms. The maximum atomic E-state index is 13.2. The van der Waals surface area contributed by atoms with E-state index in [0.29, 0.717) is 48.7 Å². The van der Waals surface area contributed by atoms with Crippen molar-refractivity contribution in [2.45, 2.75) is 0 Å². The van der Waals surface area contributed by atoms with E-state index in [4.69, 9.17) is 8.83 Å². The molecular formula is C23H19FN4O4. The Morgan fingerprint density at radius 3 is 2.31 bits per heavy atom. The Hall–Kier alpha value is -4.14. The van der Waals surface area contributed by atoms with Gasteiger partial charge in [-0.2, -0.15) is 0 Å². The SMILES string of the molecule is O=C(c1cc2occc2c(Nc2ccc(F)cc2)n1)N1CCN(C(=O)c2ccco2)CC1. The second-order valence-corrected chi connectivity index (χ2v) is 7.38. The van der Waals surface area contributed by atoms with E-state index in [0.717, 1.165) is 0 Å². The third-order valence-corrected chi connectivity index (χ3v) is 5.36. The highest BCUT2D eigenvalue weighted by atomic mass is 19.1. The Balaban J connectivity index is 1.34. The summed E-state index contributed by atoms with van der Waals surface area (Å²) in [6.45, 7) is 1.55. The van der Waals surface area contributed by atoms with Gasteiger partial charge in [-0.25, -0.2) is 9.37 Å². The number of nitrogens with one attached hydrogen (secondary N) is 1. The summed E-state index contributed by atoms with van der Waals surface area (Å²) in [5.74, 6) is -0.0619. The Bertz CT molecular complexity index is 1260. The van der Waals surface area contributed by atoms with E-state index < -0.39 is 0 Å². The lowest BCUT2D eigenvalue weighted by Crippen LogP contribution is -2.50. The molecule has 162 valence electrons. The molecule has 1 N–H and O–H groups in total. The lowest BCUT2D eigenvalue weighted by Gasteiger charge is -2.34. The minimum Gasteiger partial charge on any atom is -0.464 e. The summed E-state index contributed by atoms with van der Waals surface area (Å²) in [4.78, 5) is 33.4. The Labute approximate surface area is 182 Å². The monoisotopic (exact) mass is 434 g/mol. The van der Waals surface area contributed by atoms with Gasteiger partial charge in [0.05, 0.1) is 17.9 Å². The number of carbonyl (C=O) groups excluding carboxylic acids is 2. The highest BCUT2D eigenvalue weighted by molar-refractivity contribution is 5.99. The molecule has 4 heterocycles. The van der Waals surface area contributed by atoms with Crippen LogP contribution in [0.4, 0.5) is 15.9 Å². The molecule has 0 saturated carbocycles. The molecule has 5 rings (SSSR count). The second kappa shape index (κ2) is 8.18. The summed E-state index contributed by atoms with van der Waals surface area (Å²) in [5, 5.41) is 3.83. The van der Waals surface area contributed by atoms with Crippen LogP contribution in [0.15, 0.2) is 69.9 Å². The van der Waals surface area contributed by atoms with Crippen LogP contribution in [0.2, 0.25) is 0 Å². The molecule has 3 aromatic heterocycles. The number of piperazine rings is 1. The third kappa shape index (κ3) is 3.80. The first kappa shape index (κ1) is 19.8. The predicted molar refractivity (Wildman–Crippen MR) is 114 cm³/mol. The van der Waals surface area contributed by atoms with Crippen molar-refractivity contribution in [3.8, 4) is 0 Å². The van der Waals surface area contributed by atoms with Crippen LogP contribution in [0.1, 0.15) is 21.0 Å². The van der Waals surface area contributed by atoms with Crippen LogP contribution in [0.5, 0.6) is 0 Å². The van der Waals surface area contributed by atoms with Crippen molar-refractivity contribution in [2.75, 3.05) is 31.5 Å². The van der Waals surface area contributed by atoms with E-state index in [9.17, 15) is 14.0 Å². The summed E-state index contributed by atoms with van der Waals surface area (Å²) in [7, 11) is 0. The van der Waals surface area contributed by atoms with E-state index in [1.54, 1.807) is 46.2 Å². The highest BCUT2D eigenvalue weighted by Gasteiger charge is 2.28. The zero-order valence-electron chi connectivity index (χ0n) is 17.0. The van der Waals surface area contributed by atoms with E-state index in [1.807, 2.05) is 0 Å². The fraction of sp³-hybridized carbons (Fsp3) is 0.174. The summed E-state index contributed by atoms with van der Waals surface area (Å²) >= 11 is 0. The Morgan fingerprint density at radius 2 is 1.62 bits per heavy atom. The van der Waals surface area contributed by atoms with Crippen LogP contribution in [-0.4, -0.2) is 52.8 Å². The van der Waals surface area contributed by atoms with E-state index >= 15 is 0 Å². The van der Waals surface area contributed by atoms with Gasteiger partial charge < -0.3 is 24.0 Å². The lowest BCUT2D eigenvalue weighted by atomic mass is 10.2. The number of hydrogen-bond donors (Lipinski definition) is 1. The van der Waals surface area contributed by atoms with Gasteiger partial charge in [-0.15, -0.1) is 0 Å².